The highest BCUT2D eigenvalue weighted by Gasteiger charge is 2.08. The lowest BCUT2D eigenvalue weighted by molar-refractivity contribution is -0.135. The van der Waals surface area contributed by atoms with Crippen molar-refractivity contribution in [2.45, 2.75) is 26.7 Å². The van der Waals surface area contributed by atoms with Crippen LogP contribution < -0.4 is 4.74 Å². The zero-order valence-corrected chi connectivity index (χ0v) is 13.3. The Labute approximate surface area is 134 Å². The molecule has 0 N–H and O–H groups in total. The molecule has 23 heavy (non-hydrogen) atoms. The number of benzene rings is 3. The van der Waals surface area contributed by atoms with Gasteiger partial charge in [0.05, 0.1) is 6.42 Å². The molecular formula is C20H18O3. The van der Waals surface area contributed by atoms with Gasteiger partial charge in [-0.15, -0.1) is 0 Å². The van der Waals surface area contributed by atoms with E-state index in [1.54, 1.807) is 6.07 Å². The van der Waals surface area contributed by atoms with Gasteiger partial charge < -0.3 is 9.53 Å². The minimum absolute atomic E-state index is 0.0118. The Hall–Kier alpha value is -2.68. The topological polar surface area (TPSA) is 43.4 Å². The molecular weight excluding hydrogens is 288 g/mol. The van der Waals surface area contributed by atoms with Crippen molar-refractivity contribution < 1.29 is 14.3 Å². The maximum Gasteiger partial charge on any atom is 0.311 e. The molecule has 0 spiro atoms. The second kappa shape index (κ2) is 6.21. The van der Waals surface area contributed by atoms with E-state index in [0.717, 1.165) is 10.8 Å². The standard InChI is InChI=1S/C20H18O3/c1-13-3-8-18-15(11-13)5-6-16-12-17(7-9-19(16)18)23-20(22)10-4-14(2)21/h3,5-9,11-12H,4,10H2,1-2H3. The van der Waals surface area contributed by atoms with E-state index < -0.39 is 0 Å². The van der Waals surface area contributed by atoms with Crippen LogP contribution in [0.4, 0.5) is 0 Å². The highest BCUT2D eigenvalue weighted by atomic mass is 16.5. The second-order valence-electron chi connectivity index (χ2n) is 5.85. The largest absolute Gasteiger partial charge is 0.426 e. The average molecular weight is 306 g/mol. The predicted octanol–water partition coefficient (Wildman–Crippen LogP) is 4.58. The molecule has 3 rings (SSSR count). The Morgan fingerprint density at radius 1 is 0.870 bits per heavy atom. The zero-order chi connectivity index (χ0) is 16.4. The van der Waals surface area contributed by atoms with Gasteiger partial charge in [0.2, 0.25) is 0 Å². The molecule has 0 aromatic heterocycles. The van der Waals surface area contributed by atoms with Crippen LogP contribution in [0.15, 0.2) is 48.5 Å². The van der Waals surface area contributed by atoms with Gasteiger partial charge in [0, 0.05) is 6.42 Å². The maximum atomic E-state index is 11.7. The zero-order valence-electron chi connectivity index (χ0n) is 13.3. The van der Waals surface area contributed by atoms with Crippen LogP contribution in [0, 0.1) is 6.92 Å². The van der Waals surface area contributed by atoms with Crippen LogP contribution in [0.1, 0.15) is 25.3 Å². The minimum atomic E-state index is -0.379. The first kappa shape index (κ1) is 15.2. The third-order valence-electron chi connectivity index (χ3n) is 3.88. The lowest BCUT2D eigenvalue weighted by Gasteiger charge is -2.08. The van der Waals surface area contributed by atoms with Crippen LogP contribution in [-0.2, 0) is 9.59 Å². The summed E-state index contributed by atoms with van der Waals surface area (Å²) in [5.74, 6) is 0.121. The van der Waals surface area contributed by atoms with E-state index in [9.17, 15) is 9.59 Å². The highest BCUT2D eigenvalue weighted by molar-refractivity contribution is 6.08. The second-order valence-corrected chi connectivity index (χ2v) is 5.85. The fraction of sp³-hybridized carbons (Fsp3) is 0.200. The Bertz CT molecular complexity index is 909. The van der Waals surface area contributed by atoms with Gasteiger partial charge in [0.25, 0.3) is 0 Å². The van der Waals surface area contributed by atoms with E-state index in [4.69, 9.17) is 4.74 Å². The Kier molecular flexibility index (Phi) is 4.11. The number of esters is 1. The van der Waals surface area contributed by atoms with Gasteiger partial charge in [0.1, 0.15) is 11.5 Å². The van der Waals surface area contributed by atoms with E-state index in [1.807, 2.05) is 18.2 Å². The van der Waals surface area contributed by atoms with Crippen molar-refractivity contribution in [3.8, 4) is 5.75 Å². The first-order chi connectivity index (χ1) is 11.0. The number of hydrogen-bond donors (Lipinski definition) is 0. The molecule has 3 aromatic rings. The highest BCUT2D eigenvalue weighted by Crippen LogP contribution is 2.29. The van der Waals surface area contributed by atoms with Gasteiger partial charge in [-0.05, 0) is 47.5 Å². The van der Waals surface area contributed by atoms with Crippen molar-refractivity contribution in [2.75, 3.05) is 0 Å². The number of ketones is 1. The van der Waals surface area contributed by atoms with Crippen molar-refractivity contribution in [3.05, 3.63) is 54.1 Å². The monoisotopic (exact) mass is 306 g/mol. The quantitative estimate of drug-likeness (QED) is 0.403. The van der Waals surface area contributed by atoms with Gasteiger partial charge in [-0.1, -0.05) is 42.0 Å². The first-order valence-electron chi connectivity index (χ1n) is 7.66. The lowest BCUT2D eigenvalue weighted by atomic mass is 10.0. The molecule has 0 amide bonds. The number of carbonyl (C=O) groups excluding carboxylic acids is 2. The summed E-state index contributed by atoms with van der Waals surface area (Å²) in [5.41, 5.74) is 1.23. The summed E-state index contributed by atoms with van der Waals surface area (Å²) >= 11 is 0. The van der Waals surface area contributed by atoms with E-state index in [2.05, 4.69) is 31.2 Å². The Morgan fingerprint density at radius 2 is 1.52 bits per heavy atom. The molecule has 0 bridgehead atoms. The van der Waals surface area contributed by atoms with Gasteiger partial charge in [-0.2, -0.15) is 0 Å². The number of Topliss-reactive ketones (excluding diaryl/α,β-unsaturated/α-hetero) is 1. The molecule has 0 fully saturated rings. The van der Waals surface area contributed by atoms with Crippen molar-refractivity contribution in [2.24, 2.45) is 0 Å². The van der Waals surface area contributed by atoms with E-state index >= 15 is 0 Å². The third-order valence-corrected chi connectivity index (χ3v) is 3.88. The third kappa shape index (κ3) is 3.39. The summed E-state index contributed by atoms with van der Waals surface area (Å²) < 4.78 is 5.31. The summed E-state index contributed by atoms with van der Waals surface area (Å²) in [7, 11) is 0. The maximum absolute atomic E-state index is 11.7. The normalized spacial score (nSPS) is 10.9. The molecule has 0 radical (unpaired) electrons. The van der Waals surface area contributed by atoms with Crippen LogP contribution in [0.3, 0.4) is 0 Å². The van der Waals surface area contributed by atoms with E-state index in [0.29, 0.717) is 5.75 Å². The predicted molar refractivity (Wildman–Crippen MR) is 91.7 cm³/mol. The van der Waals surface area contributed by atoms with Crippen molar-refractivity contribution in [1.82, 2.24) is 0 Å². The van der Waals surface area contributed by atoms with Crippen LogP contribution >= 0.6 is 0 Å². The SMILES string of the molecule is CC(=O)CCC(=O)Oc1ccc2c(ccc3cc(C)ccc32)c1. The molecule has 0 saturated carbocycles. The Morgan fingerprint density at radius 3 is 2.22 bits per heavy atom. The number of carbonyl (C=O) groups is 2. The van der Waals surface area contributed by atoms with Gasteiger partial charge in [-0.3, -0.25) is 4.79 Å². The Balaban J connectivity index is 1.90. The van der Waals surface area contributed by atoms with Crippen molar-refractivity contribution >= 4 is 33.3 Å². The number of aryl methyl sites for hydroxylation is 1. The summed E-state index contributed by atoms with van der Waals surface area (Å²) in [6.45, 7) is 3.55. The summed E-state index contributed by atoms with van der Waals surface area (Å²) in [4.78, 5) is 22.6. The minimum Gasteiger partial charge on any atom is -0.426 e. The summed E-state index contributed by atoms with van der Waals surface area (Å²) in [6.07, 6.45) is 0.334. The molecule has 3 heteroatoms. The van der Waals surface area contributed by atoms with Crippen molar-refractivity contribution in [3.63, 3.8) is 0 Å². The van der Waals surface area contributed by atoms with Gasteiger partial charge in [0.15, 0.2) is 0 Å². The van der Waals surface area contributed by atoms with Crippen LogP contribution in [-0.4, -0.2) is 11.8 Å². The van der Waals surface area contributed by atoms with Gasteiger partial charge >= 0.3 is 5.97 Å². The van der Waals surface area contributed by atoms with Crippen LogP contribution in [0.5, 0.6) is 5.75 Å². The average Bonchev–Trinajstić information content (AvgIpc) is 2.52. The molecule has 116 valence electrons. The molecule has 0 unspecified atom stereocenters. The van der Waals surface area contributed by atoms with E-state index in [-0.39, 0.29) is 24.6 Å². The van der Waals surface area contributed by atoms with Crippen LogP contribution in [0.2, 0.25) is 0 Å². The number of ether oxygens (including phenoxy) is 1. The molecule has 3 aromatic carbocycles. The molecule has 0 atom stereocenters. The summed E-state index contributed by atoms with van der Waals surface area (Å²) in [5, 5.41) is 4.54. The molecule has 0 aliphatic rings. The smallest absolute Gasteiger partial charge is 0.311 e. The molecule has 0 saturated heterocycles. The molecule has 3 nitrogen and oxygen atoms in total. The molecule has 0 aliphatic carbocycles. The number of fused-ring (bicyclic) bond motifs is 3. The van der Waals surface area contributed by atoms with Crippen LogP contribution in [0.25, 0.3) is 21.5 Å². The first-order valence-corrected chi connectivity index (χ1v) is 7.66. The fourth-order valence-corrected chi connectivity index (χ4v) is 2.69. The summed E-state index contributed by atoms with van der Waals surface area (Å²) in [6, 6.07) is 16.1. The van der Waals surface area contributed by atoms with E-state index in [1.165, 1.54) is 23.3 Å². The molecule has 0 heterocycles. The number of hydrogen-bond acceptors (Lipinski definition) is 3. The number of rotatable bonds is 4. The van der Waals surface area contributed by atoms with Crippen molar-refractivity contribution in [1.29, 1.82) is 0 Å². The fourth-order valence-electron chi connectivity index (χ4n) is 2.69. The lowest BCUT2D eigenvalue weighted by Crippen LogP contribution is -2.09. The molecule has 0 aliphatic heterocycles. The van der Waals surface area contributed by atoms with Gasteiger partial charge in [-0.25, -0.2) is 0 Å².